The van der Waals surface area contributed by atoms with E-state index in [9.17, 15) is 97.6 Å². The minimum Gasteiger partial charge on any atom is -0.479 e. The van der Waals surface area contributed by atoms with Gasteiger partial charge in [-0.2, -0.15) is 51.5 Å². The molecule has 0 radical (unpaired) electrons. The largest absolute Gasteiger partial charge is 0.479 e. The molecule has 0 spiro atoms. The van der Waals surface area contributed by atoms with Gasteiger partial charge in [-0.1, -0.05) is 0 Å². The van der Waals surface area contributed by atoms with Crippen LogP contribution in [0.3, 0.4) is 0 Å². The zero-order valence-corrected chi connectivity index (χ0v) is 36.8. The van der Waals surface area contributed by atoms with Crippen LogP contribution in [0, 0.1) is 0 Å². The maximum Gasteiger partial charge on any atom is 0.397 e. The minimum atomic E-state index is -5.47. The summed E-state index contributed by atoms with van der Waals surface area (Å²) in [5.74, 6) is -3.72. The van der Waals surface area contributed by atoms with Crippen LogP contribution in [0.2, 0.25) is 0 Å². The van der Waals surface area contributed by atoms with E-state index < -0.39 is 200 Å². The van der Waals surface area contributed by atoms with Crippen molar-refractivity contribution < 1.29 is 172 Å². The molecule has 44 heteroatoms. The molecule has 39 nitrogen and oxygen atoms in total. The Kier molecular flexibility index (Phi) is 20.3. The van der Waals surface area contributed by atoms with Crippen LogP contribution in [-0.4, -0.2) is 269 Å². The zero-order valence-electron chi connectivity index (χ0n) is 32.7. The molecule has 0 aromatic rings. The highest BCUT2D eigenvalue weighted by Gasteiger charge is 2.56. The van der Waals surface area contributed by atoms with Gasteiger partial charge in [0.2, 0.25) is 0 Å². The van der Waals surface area contributed by atoms with Gasteiger partial charge in [-0.15, -0.1) is 0 Å². The van der Waals surface area contributed by atoms with Gasteiger partial charge in [-0.25, -0.2) is 22.1 Å². The van der Waals surface area contributed by atoms with Crippen LogP contribution in [0.4, 0.5) is 0 Å². The Labute approximate surface area is 379 Å². The molecular formula is C24H42N2O37S5. The Bertz CT molecular complexity index is 2300. The summed E-state index contributed by atoms with van der Waals surface area (Å²) in [6, 6.07) is -4.24. The van der Waals surface area contributed by atoms with E-state index in [4.69, 9.17) is 61.4 Å². The van der Waals surface area contributed by atoms with Crippen molar-refractivity contribution >= 4 is 63.7 Å². The summed E-state index contributed by atoms with van der Waals surface area (Å²) in [6.07, 6.45) is -40.1. The van der Waals surface area contributed by atoms with E-state index in [-0.39, 0.29) is 0 Å². The SMILES string of the molecule is O=C(O)[C@@H]1O[C@@H](O[C@H]2[C@H](O)[C@@H](NS(=O)(=O)O)[C@@H](O)O[C@@H]2COS(=O)(=O)O)[C@H](OS(=O)(=O)O)[C@@H](O)[C@@H]1O.O=C(O)[C@H]1O[C@@H](O[C@H]2[C@H](O)[C@@H](NS(=O)(=O)O)[C@@H](O)O[C@@H]2COS(=O)(=O)O)[C@H](O)[C@@H](O)[C@@H]1O. The molecule has 4 saturated heterocycles. The Morgan fingerprint density at radius 1 is 0.441 bits per heavy atom. The van der Waals surface area contributed by atoms with E-state index in [2.05, 4.69) is 12.5 Å². The van der Waals surface area contributed by atoms with Gasteiger partial charge in [0, 0.05) is 0 Å². The highest BCUT2D eigenvalue weighted by molar-refractivity contribution is 7.84. The summed E-state index contributed by atoms with van der Waals surface area (Å²) in [5, 5.41) is 109. The average Bonchev–Trinajstić information content (AvgIpc) is 3.16. The molecule has 0 aromatic heterocycles. The van der Waals surface area contributed by atoms with E-state index in [1.54, 1.807) is 0 Å². The number of aliphatic hydroxyl groups is 9. The topological polar surface area (TPSA) is 636 Å². The molecule has 0 unspecified atom stereocenters. The molecule has 0 bridgehead atoms. The van der Waals surface area contributed by atoms with Crippen LogP contribution in [0.15, 0.2) is 0 Å². The summed E-state index contributed by atoms with van der Waals surface area (Å²) < 4.78 is 199. The van der Waals surface area contributed by atoms with Gasteiger partial charge >= 0.3 is 63.7 Å². The molecule has 4 aliphatic rings. The zero-order chi connectivity index (χ0) is 52.4. The van der Waals surface area contributed by atoms with E-state index >= 15 is 0 Å². The van der Waals surface area contributed by atoms with Crippen LogP contribution in [0.25, 0.3) is 0 Å². The van der Waals surface area contributed by atoms with Gasteiger partial charge < -0.3 is 84.6 Å². The van der Waals surface area contributed by atoms with Gasteiger partial charge in [-0.05, 0) is 0 Å². The third-order valence-electron chi connectivity index (χ3n) is 9.13. The van der Waals surface area contributed by atoms with E-state index in [1.165, 1.54) is 9.44 Å². The van der Waals surface area contributed by atoms with E-state index in [1.807, 2.05) is 0 Å². The van der Waals surface area contributed by atoms with Crippen molar-refractivity contribution in [2.24, 2.45) is 0 Å². The Morgan fingerprint density at radius 2 is 0.794 bits per heavy atom. The van der Waals surface area contributed by atoms with Gasteiger partial charge in [-0.3, -0.25) is 22.8 Å². The fourth-order valence-electron chi connectivity index (χ4n) is 6.25. The van der Waals surface area contributed by atoms with Crippen molar-refractivity contribution in [3.05, 3.63) is 0 Å². The highest BCUT2D eigenvalue weighted by atomic mass is 32.3. The fraction of sp³-hybridized carbons (Fsp3) is 0.917. The second kappa shape index (κ2) is 23.1. The number of aliphatic hydroxyl groups excluding tert-OH is 9. The van der Waals surface area contributed by atoms with Crippen LogP contribution < -0.4 is 9.44 Å². The van der Waals surface area contributed by atoms with Crippen LogP contribution >= 0.6 is 0 Å². The van der Waals surface area contributed by atoms with Gasteiger partial charge in [0.15, 0.2) is 43.5 Å². The fourth-order valence-corrected chi connectivity index (χ4v) is 8.54. The molecule has 18 N–H and O–H groups in total. The monoisotopic (exact) mass is 1110 g/mol. The normalized spacial score (nSPS) is 39.9. The van der Waals surface area contributed by atoms with Crippen molar-refractivity contribution in [2.75, 3.05) is 13.2 Å². The number of carboxylic acids is 2. The molecule has 68 heavy (non-hydrogen) atoms. The molecular weight excluding hydrogens is 1070 g/mol. The van der Waals surface area contributed by atoms with Crippen molar-refractivity contribution in [1.82, 2.24) is 9.44 Å². The molecule has 4 rings (SSSR count). The Hall–Kier alpha value is -2.31. The third kappa shape index (κ3) is 17.2. The first-order valence-electron chi connectivity index (χ1n) is 17.6. The minimum absolute atomic E-state index is 1.16. The predicted octanol–water partition coefficient (Wildman–Crippen LogP) is -12.3. The van der Waals surface area contributed by atoms with Crippen molar-refractivity contribution in [3.8, 4) is 0 Å². The molecule has 4 aliphatic heterocycles. The first-order valence-corrected chi connectivity index (χ1v) is 24.6. The number of nitrogens with one attached hydrogen (secondary N) is 2. The third-order valence-corrected chi connectivity index (χ3v) is 11.6. The average molecular weight is 1110 g/mol. The molecule has 0 aliphatic carbocycles. The standard InChI is InChI=1S/C12H21NO20S3.C12H21NO17S2/c14-4-3(13-34(20,21)22)11(19)30-2(1-29-35(23,24)25)7(4)31-12-9(33-36(26,27)28)6(16)5(15)8(32-12)10(17)18;14-4-3(13-31(21,22)23)11(20)28-2(1-27-32(24,25)26)8(4)29-12-7(17)5(15)6(16)9(30-12)10(18)19/h2-9,11-16,19H,1H2,(H,17,18)(H,20,21,22)(H,23,24,25)(H,26,27,28);2-9,11-17,20H,1H2,(H,18,19)(H,21,22,23)(H,24,25,26)/t2-,3-,4-,5+,6+,7-,8-,9-,11+,12-;2-,3-,4-,5+,6+,7-,8-,9+,11+,12-/m11/s1. The van der Waals surface area contributed by atoms with Crippen LogP contribution in [0.5, 0.6) is 0 Å². The number of ether oxygens (including phenoxy) is 6. The number of carbonyl (C=O) groups is 2. The first-order chi connectivity index (χ1) is 30.7. The molecule has 4 heterocycles. The van der Waals surface area contributed by atoms with Gasteiger partial charge in [0.25, 0.3) is 0 Å². The lowest BCUT2D eigenvalue weighted by atomic mass is 9.96. The molecule has 20 atom stereocenters. The molecule has 400 valence electrons. The lowest BCUT2D eigenvalue weighted by Gasteiger charge is -2.46. The number of aliphatic carboxylic acids is 2. The van der Waals surface area contributed by atoms with E-state index in [0.29, 0.717) is 0 Å². The summed E-state index contributed by atoms with van der Waals surface area (Å²) in [5.41, 5.74) is 0. The van der Waals surface area contributed by atoms with Crippen molar-refractivity contribution in [2.45, 2.75) is 123 Å². The summed E-state index contributed by atoms with van der Waals surface area (Å²) in [6.45, 7) is -2.45. The second-order valence-electron chi connectivity index (χ2n) is 13.9. The van der Waals surface area contributed by atoms with Gasteiger partial charge in [0.05, 0.1) is 13.2 Å². The van der Waals surface area contributed by atoms with Crippen LogP contribution in [0.1, 0.15) is 0 Å². The highest BCUT2D eigenvalue weighted by Crippen LogP contribution is 2.32. The maximum absolute atomic E-state index is 11.3. The van der Waals surface area contributed by atoms with Crippen molar-refractivity contribution in [3.63, 3.8) is 0 Å². The lowest BCUT2D eigenvalue weighted by Crippen LogP contribution is -2.67. The second-order valence-corrected chi connectivity index (χ2v) is 19.5. The molecule has 4 fully saturated rings. The molecule has 0 saturated carbocycles. The maximum atomic E-state index is 11.3. The Balaban J connectivity index is 0.000000363. The quantitative estimate of drug-likeness (QED) is 0.0567. The summed E-state index contributed by atoms with van der Waals surface area (Å²) >= 11 is 0. The Morgan fingerprint density at radius 3 is 1.13 bits per heavy atom. The molecule has 0 aromatic carbocycles. The van der Waals surface area contributed by atoms with Crippen molar-refractivity contribution in [1.29, 1.82) is 0 Å². The summed E-state index contributed by atoms with van der Waals surface area (Å²) in [4.78, 5) is 22.5. The summed E-state index contributed by atoms with van der Waals surface area (Å²) in [7, 11) is -26.0. The van der Waals surface area contributed by atoms with E-state index in [0.717, 1.165) is 0 Å². The number of carboxylic acid groups (broad SMARTS) is 2. The van der Waals surface area contributed by atoms with Crippen LogP contribution in [-0.2, 0) is 102 Å². The predicted molar refractivity (Wildman–Crippen MR) is 195 cm³/mol. The smallest absolute Gasteiger partial charge is 0.397 e. The molecule has 0 amide bonds. The number of rotatable bonds is 18. The number of hydrogen-bond donors (Lipinski definition) is 18. The first kappa shape index (κ1) is 60.0. The van der Waals surface area contributed by atoms with Gasteiger partial charge in [0.1, 0.15) is 79.2 Å². The number of hydrogen-bond acceptors (Lipinski definition) is 30. The lowest BCUT2D eigenvalue weighted by molar-refractivity contribution is -0.339.